The van der Waals surface area contributed by atoms with Crippen molar-refractivity contribution >= 4 is 46.0 Å². The predicted molar refractivity (Wildman–Crippen MR) is 122 cm³/mol. The van der Waals surface area contributed by atoms with Gasteiger partial charge in [0.1, 0.15) is 17.8 Å². The van der Waals surface area contributed by atoms with Gasteiger partial charge in [0.15, 0.2) is 5.16 Å². The zero-order valence-corrected chi connectivity index (χ0v) is 19.2. The standard InChI is InChI=1S/C21H25ClN4O3S/c1-12(2)10-26-20(28)19-16(24-21(26)30-5)8-13(3)25(19)11-18(27)23-14-6-7-17(29-4)15(22)9-14/h6-9,12H,10-11H2,1-5H3,(H,23,27). The second-order valence-electron chi connectivity index (χ2n) is 7.41. The fraction of sp³-hybridized carbons (Fsp3) is 0.381. The molecule has 0 bridgehead atoms. The van der Waals surface area contributed by atoms with Crippen LogP contribution in [0.4, 0.5) is 5.69 Å². The van der Waals surface area contributed by atoms with Gasteiger partial charge in [-0.05, 0) is 43.4 Å². The van der Waals surface area contributed by atoms with Gasteiger partial charge in [-0.25, -0.2) is 4.98 Å². The molecular formula is C21H25ClN4O3S. The average Bonchev–Trinajstić information content (AvgIpc) is 2.99. The Balaban J connectivity index is 1.95. The number of anilines is 1. The molecule has 30 heavy (non-hydrogen) atoms. The molecule has 0 saturated heterocycles. The van der Waals surface area contributed by atoms with E-state index in [1.165, 1.54) is 18.9 Å². The SMILES string of the molecule is COc1ccc(NC(=O)Cn2c(C)cc3nc(SC)n(CC(C)C)c(=O)c32)cc1Cl. The van der Waals surface area contributed by atoms with Gasteiger partial charge in [0.2, 0.25) is 5.91 Å². The van der Waals surface area contributed by atoms with E-state index in [-0.39, 0.29) is 18.0 Å². The van der Waals surface area contributed by atoms with Gasteiger partial charge < -0.3 is 14.6 Å². The summed E-state index contributed by atoms with van der Waals surface area (Å²) in [4.78, 5) is 30.6. The Kier molecular flexibility index (Phi) is 6.77. The maximum Gasteiger partial charge on any atom is 0.278 e. The van der Waals surface area contributed by atoms with Crippen LogP contribution < -0.4 is 15.6 Å². The van der Waals surface area contributed by atoms with Gasteiger partial charge in [-0.1, -0.05) is 37.2 Å². The van der Waals surface area contributed by atoms with Gasteiger partial charge in [-0.3, -0.25) is 14.2 Å². The van der Waals surface area contributed by atoms with Crippen molar-refractivity contribution in [3.63, 3.8) is 0 Å². The quantitative estimate of drug-likeness (QED) is 0.433. The highest BCUT2D eigenvalue weighted by Crippen LogP contribution is 2.27. The van der Waals surface area contributed by atoms with Crippen molar-refractivity contribution in [2.45, 2.75) is 39.0 Å². The average molecular weight is 449 g/mol. The molecule has 0 aliphatic heterocycles. The minimum atomic E-state index is -0.263. The van der Waals surface area contributed by atoms with Gasteiger partial charge in [-0.15, -0.1) is 0 Å². The number of hydrogen-bond acceptors (Lipinski definition) is 5. The van der Waals surface area contributed by atoms with E-state index in [0.29, 0.717) is 45.1 Å². The lowest BCUT2D eigenvalue weighted by Gasteiger charge is -2.14. The molecule has 7 nitrogen and oxygen atoms in total. The largest absolute Gasteiger partial charge is 0.495 e. The van der Waals surface area contributed by atoms with E-state index in [0.717, 1.165) is 5.69 Å². The van der Waals surface area contributed by atoms with E-state index >= 15 is 0 Å². The summed E-state index contributed by atoms with van der Waals surface area (Å²) in [5, 5.41) is 3.90. The Bertz CT molecular complexity index is 1150. The first-order valence-electron chi connectivity index (χ1n) is 9.53. The fourth-order valence-electron chi connectivity index (χ4n) is 3.32. The molecule has 0 radical (unpaired) electrons. The van der Waals surface area contributed by atoms with Crippen molar-refractivity contribution in [2.24, 2.45) is 5.92 Å². The molecular weight excluding hydrogens is 424 g/mol. The second kappa shape index (κ2) is 9.14. The lowest BCUT2D eigenvalue weighted by atomic mass is 10.2. The third-order valence-corrected chi connectivity index (χ3v) is 5.62. The number of nitrogens with zero attached hydrogens (tertiary/aromatic N) is 3. The minimum absolute atomic E-state index is 0.00378. The lowest BCUT2D eigenvalue weighted by molar-refractivity contribution is -0.116. The van der Waals surface area contributed by atoms with Crippen molar-refractivity contribution in [3.05, 3.63) is 45.3 Å². The molecule has 0 spiro atoms. The molecule has 0 aliphatic carbocycles. The molecule has 3 aromatic rings. The van der Waals surface area contributed by atoms with Crippen LogP contribution in [0, 0.1) is 12.8 Å². The zero-order valence-electron chi connectivity index (χ0n) is 17.7. The van der Waals surface area contributed by atoms with E-state index in [1.807, 2.05) is 19.2 Å². The fourth-order valence-corrected chi connectivity index (χ4v) is 4.15. The summed E-state index contributed by atoms with van der Waals surface area (Å²) in [6, 6.07) is 6.87. The Labute approximate surface area is 184 Å². The number of carbonyl (C=O) groups excluding carboxylic acids is 1. The molecule has 0 unspecified atom stereocenters. The number of halogens is 1. The van der Waals surface area contributed by atoms with Crippen molar-refractivity contribution in [1.82, 2.24) is 14.1 Å². The van der Waals surface area contributed by atoms with E-state index in [9.17, 15) is 9.59 Å². The van der Waals surface area contributed by atoms with Gasteiger partial charge >= 0.3 is 0 Å². The number of thioether (sulfide) groups is 1. The summed E-state index contributed by atoms with van der Waals surface area (Å²) in [6.45, 7) is 6.54. The number of benzene rings is 1. The van der Waals surface area contributed by atoms with Crippen LogP contribution in [0.1, 0.15) is 19.5 Å². The monoisotopic (exact) mass is 448 g/mol. The van der Waals surface area contributed by atoms with Crippen LogP contribution in [0.3, 0.4) is 0 Å². The van der Waals surface area contributed by atoms with Crippen LogP contribution in [-0.2, 0) is 17.9 Å². The van der Waals surface area contributed by atoms with Crippen LogP contribution in [0.25, 0.3) is 11.0 Å². The summed E-state index contributed by atoms with van der Waals surface area (Å²) in [5.74, 6) is 0.560. The smallest absolute Gasteiger partial charge is 0.278 e. The van der Waals surface area contributed by atoms with E-state index < -0.39 is 0 Å². The van der Waals surface area contributed by atoms with Crippen LogP contribution in [0.2, 0.25) is 5.02 Å². The number of nitrogens with one attached hydrogen (secondary N) is 1. The molecule has 2 heterocycles. The highest BCUT2D eigenvalue weighted by Gasteiger charge is 2.18. The first kappa shape index (κ1) is 22.2. The predicted octanol–water partition coefficient (Wildman–Crippen LogP) is 4.19. The number of fused-ring (bicyclic) bond motifs is 1. The first-order valence-corrected chi connectivity index (χ1v) is 11.1. The van der Waals surface area contributed by atoms with Gasteiger partial charge in [0.25, 0.3) is 5.56 Å². The number of hydrogen-bond donors (Lipinski definition) is 1. The molecule has 1 N–H and O–H groups in total. The number of methoxy groups -OCH3 is 1. The molecule has 3 rings (SSSR count). The van der Waals surface area contributed by atoms with Crippen LogP contribution in [0.15, 0.2) is 34.2 Å². The van der Waals surface area contributed by atoms with Crippen molar-refractivity contribution in [2.75, 3.05) is 18.7 Å². The zero-order chi connectivity index (χ0) is 22.0. The third-order valence-electron chi connectivity index (χ3n) is 4.65. The summed E-state index contributed by atoms with van der Waals surface area (Å²) in [6.07, 6.45) is 1.90. The highest BCUT2D eigenvalue weighted by atomic mass is 35.5. The molecule has 0 atom stereocenters. The van der Waals surface area contributed by atoms with Crippen LogP contribution in [0.5, 0.6) is 5.75 Å². The molecule has 9 heteroatoms. The van der Waals surface area contributed by atoms with Crippen LogP contribution >= 0.6 is 23.4 Å². The maximum absolute atomic E-state index is 13.3. The van der Waals surface area contributed by atoms with E-state index in [4.69, 9.17) is 16.3 Å². The third kappa shape index (κ3) is 4.49. The second-order valence-corrected chi connectivity index (χ2v) is 8.59. The van der Waals surface area contributed by atoms with Crippen molar-refractivity contribution in [1.29, 1.82) is 0 Å². The summed E-state index contributed by atoms with van der Waals surface area (Å²) >= 11 is 7.57. The molecule has 0 saturated carbocycles. The van der Waals surface area contributed by atoms with Crippen molar-refractivity contribution in [3.8, 4) is 5.75 Å². The number of carbonyl (C=O) groups is 1. The molecule has 160 valence electrons. The first-order chi connectivity index (χ1) is 14.2. The topological polar surface area (TPSA) is 78.2 Å². The lowest BCUT2D eigenvalue weighted by Crippen LogP contribution is -2.28. The molecule has 1 amide bonds. The Morgan fingerprint density at radius 2 is 2.03 bits per heavy atom. The maximum atomic E-state index is 13.3. The number of ether oxygens (including phenoxy) is 1. The Morgan fingerprint density at radius 1 is 1.30 bits per heavy atom. The summed E-state index contributed by atoms with van der Waals surface area (Å²) < 4.78 is 8.53. The number of rotatable bonds is 7. The normalized spacial score (nSPS) is 11.3. The Hall–Kier alpha value is -2.45. The van der Waals surface area contributed by atoms with Gasteiger partial charge in [-0.2, -0.15) is 0 Å². The molecule has 1 aromatic carbocycles. The van der Waals surface area contributed by atoms with Crippen LogP contribution in [-0.4, -0.2) is 33.4 Å². The van der Waals surface area contributed by atoms with Gasteiger partial charge in [0, 0.05) is 17.9 Å². The number of aryl methyl sites for hydroxylation is 1. The van der Waals surface area contributed by atoms with Gasteiger partial charge in [0.05, 0.1) is 17.6 Å². The summed E-state index contributed by atoms with van der Waals surface area (Å²) in [7, 11) is 1.53. The minimum Gasteiger partial charge on any atom is -0.495 e. The molecule has 0 aliphatic rings. The van der Waals surface area contributed by atoms with Crippen molar-refractivity contribution < 1.29 is 9.53 Å². The number of aromatic nitrogens is 3. The summed E-state index contributed by atoms with van der Waals surface area (Å²) in [5.41, 5.74) is 2.26. The van der Waals surface area contributed by atoms with E-state index in [1.54, 1.807) is 27.3 Å². The molecule has 2 aromatic heterocycles. The van der Waals surface area contributed by atoms with E-state index in [2.05, 4.69) is 24.1 Å². The number of amides is 1. The highest BCUT2D eigenvalue weighted by molar-refractivity contribution is 7.98. The Morgan fingerprint density at radius 3 is 2.63 bits per heavy atom. The molecule has 0 fully saturated rings.